The predicted molar refractivity (Wildman–Crippen MR) is 90.3 cm³/mol. The van der Waals surface area contributed by atoms with Gasteiger partial charge in [0, 0.05) is 17.0 Å². The van der Waals surface area contributed by atoms with Crippen molar-refractivity contribution in [3.63, 3.8) is 0 Å². The maximum Gasteiger partial charge on any atom is 0.306 e. The second-order valence-electron chi connectivity index (χ2n) is 5.78. The molecule has 0 radical (unpaired) electrons. The van der Waals surface area contributed by atoms with Crippen LogP contribution < -0.4 is 10.1 Å². The first-order valence-corrected chi connectivity index (χ1v) is 8.58. The Kier molecular flexibility index (Phi) is 4.80. The van der Waals surface area contributed by atoms with E-state index in [0.717, 1.165) is 16.3 Å². The van der Waals surface area contributed by atoms with Crippen LogP contribution in [0, 0.1) is 5.92 Å². The van der Waals surface area contributed by atoms with Crippen LogP contribution in [0.2, 0.25) is 0 Å². The third-order valence-electron chi connectivity index (χ3n) is 4.19. The largest absolute Gasteiger partial charge is 0.497 e. The van der Waals surface area contributed by atoms with E-state index < -0.39 is 5.97 Å². The molecular formula is C17H18N2O4S. The summed E-state index contributed by atoms with van der Waals surface area (Å²) in [5, 5.41) is 14.4. The number of aliphatic carboxylic acids is 1. The molecule has 1 aromatic heterocycles. The molecule has 3 rings (SSSR count). The number of ether oxygens (including phenoxy) is 1. The molecular weight excluding hydrogens is 328 g/mol. The van der Waals surface area contributed by atoms with Gasteiger partial charge in [-0.15, -0.1) is 11.3 Å². The highest BCUT2D eigenvalue weighted by molar-refractivity contribution is 7.13. The number of hydrogen-bond acceptors (Lipinski definition) is 5. The quantitative estimate of drug-likeness (QED) is 0.869. The molecule has 0 spiro atoms. The van der Waals surface area contributed by atoms with Gasteiger partial charge in [0.25, 0.3) is 5.91 Å². The summed E-state index contributed by atoms with van der Waals surface area (Å²) in [6.45, 7) is 0. The standard InChI is InChI=1S/C17H18N2O4S/c1-23-13-6-3-10(4-7-13)16-19-14(9-24-16)15(20)18-12-5-2-11(8-12)17(21)22/h3-4,6-7,9,11-12H,2,5,8H2,1H3,(H,18,20)(H,21,22)/t11-,12+/m0/s1. The first-order chi connectivity index (χ1) is 11.6. The van der Waals surface area contributed by atoms with Crippen LogP contribution in [-0.4, -0.2) is 35.1 Å². The van der Waals surface area contributed by atoms with Gasteiger partial charge in [-0.3, -0.25) is 9.59 Å². The van der Waals surface area contributed by atoms with Gasteiger partial charge < -0.3 is 15.2 Å². The lowest BCUT2D eigenvalue weighted by Crippen LogP contribution is -2.33. The first-order valence-electron chi connectivity index (χ1n) is 7.70. The molecule has 126 valence electrons. The predicted octanol–water partition coefficient (Wildman–Crippen LogP) is 2.80. The van der Waals surface area contributed by atoms with Crippen LogP contribution in [0.25, 0.3) is 10.6 Å². The van der Waals surface area contributed by atoms with E-state index in [1.807, 2.05) is 24.3 Å². The Morgan fingerprint density at radius 2 is 2.04 bits per heavy atom. The van der Waals surface area contributed by atoms with Gasteiger partial charge in [-0.25, -0.2) is 4.98 Å². The fourth-order valence-electron chi connectivity index (χ4n) is 2.84. The maximum absolute atomic E-state index is 12.3. The van der Waals surface area contributed by atoms with Crippen molar-refractivity contribution in [2.75, 3.05) is 7.11 Å². The van der Waals surface area contributed by atoms with Crippen molar-refractivity contribution < 1.29 is 19.4 Å². The highest BCUT2D eigenvalue weighted by Gasteiger charge is 2.31. The van der Waals surface area contributed by atoms with E-state index in [-0.39, 0.29) is 17.9 Å². The zero-order valence-corrected chi connectivity index (χ0v) is 14.0. The van der Waals surface area contributed by atoms with Gasteiger partial charge in [-0.05, 0) is 43.5 Å². The molecule has 1 fully saturated rings. The monoisotopic (exact) mass is 346 g/mol. The molecule has 0 unspecified atom stereocenters. The molecule has 0 bridgehead atoms. The highest BCUT2D eigenvalue weighted by atomic mass is 32.1. The fourth-order valence-corrected chi connectivity index (χ4v) is 3.65. The second kappa shape index (κ2) is 7.00. The van der Waals surface area contributed by atoms with Crippen molar-refractivity contribution in [1.82, 2.24) is 10.3 Å². The number of carbonyl (C=O) groups excluding carboxylic acids is 1. The van der Waals surface area contributed by atoms with E-state index in [9.17, 15) is 9.59 Å². The number of carbonyl (C=O) groups is 2. The Morgan fingerprint density at radius 3 is 2.67 bits per heavy atom. The Morgan fingerprint density at radius 1 is 1.29 bits per heavy atom. The van der Waals surface area contributed by atoms with E-state index >= 15 is 0 Å². The molecule has 7 heteroatoms. The van der Waals surface area contributed by atoms with Gasteiger partial charge in [-0.1, -0.05) is 0 Å². The molecule has 1 aromatic carbocycles. The van der Waals surface area contributed by atoms with Crippen LogP contribution in [0.3, 0.4) is 0 Å². The summed E-state index contributed by atoms with van der Waals surface area (Å²) in [6, 6.07) is 7.40. The van der Waals surface area contributed by atoms with Crippen LogP contribution in [0.15, 0.2) is 29.6 Å². The van der Waals surface area contributed by atoms with Gasteiger partial charge in [0.1, 0.15) is 16.5 Å². The zero-order valence-electron chi connectivity index (χ0n) is 13.2. The number of rotatable bonds is 5. The van der Waals surface area contributed by atoms with Crippen molar-refractivity contribution >= 4 is 23.2 Å². The van der Waals surface area contributed by atoms with Gasteiger partial charge in [-0.2, -0.15) is 0 Å². The van der Waals surface area contributed by atoms with Gasteiger partial charge >= 0.3 is 5.97 Å². The summed E-state index contributed by atoms with van der Waals surface area (Å²) in [7, 11) is 1.61. The average molecular weight is 346 g/mol. The number of hydrogen-bond donors (Lipinski definition) is 2. The number of carboxylic acids is 1. The summed E-state index contributed by atoms with van der Waals surface area (Å²) in [4.78, 5) is 27.6. The van der Waals surface area contributed by atoms with Crippen LogP contribution in [0.4, 0.5) is 0 Å². The average Bonchev–Trinajstić information content (AvgIpc) is 3.24. The third kappa shape index (κ3) is 3.56. The Labute approximate surface area is 143 Å². The summed E-state index contributed by atoms with van der Waals surface area (Å²) in [5.74, 6) is -0.632. The smallest absolute Gasteiger partial charge is 0.306 e. The fraction of sp³-hybridized carbons (Fsp3) is 0.353. The molecule has 1 saturated carbocycles. The summed E-state index contributed by atoms with van der Waals surface area (Å²) < 4.78 is 5.13. The van der Waals surface area contributed by atoms with E-state index in [1.165, 1.54) is 11.3 Å². The third-order valence-corrected chi connectivity index (χ3v) is 5.08. The molecule has 1 aliphatic carbocycles. The summed E-state index contributed by atoms with van der Waals surface area (Å²) >= 11 is 1.40. The Balaban J connectivity index is 1.64. The number of nitrogens with one attached hydrogen (secondary N) is 1. The number of benzene rings is 1. The number of amides is 1. The normalized spacial score (nSPS) is 19.9. The molecule has 0 saturated heterocycles. The van der Waals surface area contributed by atoms with E-state index in [0.29, 0.717) is 25.0 Å². The minimum atomic E-state index is -0.790. The summed E-state index contributed by atoms with van der Waals surface area (Å²) in [6.07, 6.45) is 1.78. The van der Waals surface area contributed by atoms with Crippen molar-refractivity contribution in [1.29, 1.82) is 0 Å². The Bertz CT molecular complexity index is 741. The molecule has 6 nitrogen and oxygen atoms in total. The first kappa shape index (κ1) is 16.4. The maximum atomic E-state index is 12.3. The lowest BCUT2D eigenvalue weighted by molar-refractivity contribution is -0.141. The molecule has 2 atom stereocenters. The lowest BCUT2D eigenvalue weighted by Gasteiger charge is -2.10. The lowest BCUT2D eigenvalue weighted by atomic mass is 10.1. The van der Waals surface area contributed by atoms with E-state index in [2.05, 4.69) is 10.3 Å². The van der Waals surface area contributed by atoms with Gasteiger partial charge in [0.15, 0.2) is 0 Å². The number of thiazole rings is 1. The number of methoxy groups -OCH3 is 1. The van der Waals surface area contributed by atoms with Crippen molar-refractivity contribution in [2.24, 2.45) is 5.92 Å². The Hall–Kier alpha value is -2.41. The molecule has 2 N–H and O–H groups in total. The summed E-state index contributed by atoms with van der Waals surface area (Å²) in [5.41, 5.74) is 1.29. The van der Waals surface area contributed by atoms with Crippen molar-refractivity contribution in [3.05, 3.63) is 35.3 Å². The van der Waals surface area contributed by atoms with Gasteiger partial charge in [0.05, 0.1) is 13.0 Å². The van der Waals surface area contributed by atoms with Crippen LogP contribution in [0.1, 0.15) is 29.8 Å². The van der Waals surface area contributed by atoms with Crippen LogP contribution in [0.5, 0.6) is 5.75 Å². The van der Waals surface area contributed by atoms with Crippen LogP contribution in [-0.2, 0) is 4.79 Å². The topological polar surface area (TPSA) is 88.5 Å². The SMILES string of the molecule is COc1ccc(-c2nc(C(=O)N[C@@H]3CC[C@H](C(=O)O)C3)cs2)cc1. The molecule has 1 aliphatic rings. The second-order valence-corrected chi connectivity index (χ2v) is 6.64. The van der Waals surface area contributed by atoms with Crippen LogP contribution >= 0.6 is 11.3 Å². The van der Waals surface area contributed by atoms with Crippen molar-refractivity contribution in [2.45, 2.75) is 25.3 Å². The van der Waals surface area contributed by atoms with Gasteiger partial charge in [0.2, 0.25) is 0 Å². The molecule has 1 heterocycles. The highest BCUT2D eigenvalue weighted by Crippen LogP contribution is 2.27. The number of nitrogens with zero attached hydrogens (tertiary/aromatic N) is 1. The molecule has 2 aromatic rings. The number of carboxylic acid groups (broad SMARTS) is 1. The van der Waals surface area contributed by atoms with E-state index in [1.54, 1.807) is 12.5 Å². The molecule has 0 aliphatic heterocycles. The zero-order chi connectivity index (χ0) is 17.1. The minimum Gasteiger partial charge on any atom is -0.497 e. The van der Waals surface area contributed by atoms with Crippen molar-refractivity contribution in [3.8, 4) is 16.3 Å². The van der Waals surface area contributed by atoms with E-state index in [4.69, 9.17) is 9.84 Å². The minimum absolute atomic E-state index is 0.0928. The number of aromatic nitrogens is 1. The molecule has 24 heavy (non-hydrogen) atoms. The molecule has 1 amide bonds.